The van der Waals surface area contributed by atoms with Crippen LogP contribution in [0, 0.1) is 0 Å². The number of aliphatic hydroxyl groups excluding tert-OH is 1. The van der Waals surface area contributed by atoms with E-state index in [2.05, 4.69) is 15.7 Å². The van der Waals surface area contributed by atoms with Gasteiger partial charge in [0.25, 0.3) is 5.91 Å². The number of fused-ring (bicyclic) bond motifs is 1. The minimum Gasteiger partial charge on any atom is -0.394 e. The molecule has 164 valence electrons. The summed E-state index contributed by atoms with van der Waals surface area (Å²) in [6.07, 6.45) is -3.96. The number of aromatic nitrogens is 2. The van der Waals surface area contributed by atoms with E-state index in [9.17, 15) is 32.7 Å². The minimum absolute atomic E-state index is 0.0483. The Hall–Kier alpha value is -3.41. The summed E-state index contributed by atoms with van der Waals surface area (Å²) < 4.78 is 41.9. The number of nitrogens with one attached hydrogen (secondary N) is 2. The van der Waals surface area contributed by atoms with Crippen molar-refractivity contribution in [3.05, 3.63) is 47.8 Å². The maximum atomic E-state index is 13.8. The fourth-order valence-electron chi connectivity index (χ4n) is 3.90. The van der Waals surface area contributed by atoms with Gasteiger partial charge in [-0.3, -0.25) is 14.4 Å². The lowest BCUT2D eigenvalue weighted by atomic mass is 10.1. The van der Waals surface area contributed by atoms with Gasteiger partial charge in [0.1, 0.15) is 12.1 Å². The number of carbonyl (C=O) groups is 3. The highest BCUT2D eigenvalue weighted by Gasteiger charge is 2.47. The van der Waals surface area contributed by atoms with E-state index in [-0.39, 0.29) is 18.7 Å². The van der Waals surface area contributed by atoms with Crippen molar-refractivity contribution >= 4 is 17.7 Å². The van der Waals surface area contributed by atoms with E-state index < -0.39 is 59.9 Å². The molecule has 2 aliphatic rings. The van der Waals surface area contributed by atoms with Crippen LogP contribution in [0.15, 0.2) is 36.5 Å². The highest BCUT2D eigenvalue weighted by Crippen LogP contribution is 2.34. The van der Waals surface area contributed by atoms with Crippen molar-refractivity contribution in [3.63, 3.8) is 0 Å². The first kappa shape index (κ1) is 20.8. The molecule has 3 atom stereocenters. The van der Waals surface area contributed by atoms with Crippen LogP contribution in [-0.2, 0) is 15.8 Å². The molecule has 31 heavy (non-hydrogen) atoms. The lowest BCUT2D eigenvalue weighted by Gasteiger charge is -2.33. The van der Waals surface area contributed by atoms with Gasteiger partial charge in [-0.05, 0) is 18.6 Å². The zero-order valence-electron chi connectivity index (χ0n) is 16.0. The van der Waals surface area contributed by atoms with E-state index in [1.165, 1.54) is 17.0 Å². The molecule has 0 spiro atoms. The summed E-state index contributed by atoms with van der Waals surface area (Å²) in [7, 11) is 0. The van der Waals surface area contributed by atoms with Gasteiger partial charge in [-0.2, -0.15) is 18.3 Å². The quantitative estimate of drug-likeness (QED) is 0.627. The van der Waals surface area contributed by atoms with Crippen molar-refractivity contribution in [2.24, 2.45) is 0 Å². The Morgan fingerprint density at radius 1 is 1.26 bits per heavy atom. The molecule has 0 bridgehead atoms. The highest BCUT2D eigenvalue weighted by molar-refractivity contribution is 5.98. The predicted octanol–water partition coefficient (Wildman–Crippen LogP) is 0.0811. The lowest BCUT2D eigenvalue weighted by Crippen LogP contribution is -2.62. The van der Waals surface area contributed by atoms with E-state index in [1.54, 1.807) is 18.2 Å². The summed E-state index contributed by atoms with van der Waals surface area (Å²) >= 11 is 0. The first-order valence-electron chi connectivity index (χ1n) is 9.44. The Bertz CT molecular complexity index is 1020. The molecule has 9 nitrogen and oxygen atoms in total. The van der Waals surface area contributed by atoms with Crippen LogP contribution in [0.1, 0.15) is 22.5 Å². The van der Waals surface area contributed by atoms with Crippen molar-refractivity contribution in [2.45, 2.75) is 30.7 Å². The molecule has 2 saturated heterocycles. The third-order valence-corrected chi connectivity index (χ3v) is 5.30. The number of nitrogens with zero attached hydrogens (tertiary/aromatic N) is 3. The Labute approximate surface area is 173 Å². The molecule has 1 aromatic carbocycles. The maximum Gasteiger partial charge on any atom is 0.434 e. The summed E-state index contributed by atoms with van der Waals surface area (Å²) in [5.41, 5.74) is -1.74. The number of hydrogen-bond donors (Lipinski definition) is 3. The smallest absolute Gasteiger partial charge is 0.394 e. The molecule has 0 unspecified atom stereocenters. The van der Waals surface area contributed by atoms with Gasteiger partial charge in [0.15, 0.2) is 5.69 Å². The van der Waals surface area contributed by atoms with Crippen LogP contribution in [0.4, 0.5) is 13.2 Å². The van der Waals surface area contributed by atoms with Crippen LogP contribution in [0.2, 0.25) is 0 Å². The van der Waals surface area contributed by atoms with Crippen molar-refractivity contribution in [1.82, 2.24) is 25.3 Å². The maximum absolute atomic E-state index is 13.8. The van der Waals surface area contributed by atoms with Crippen molar-refractivity contribution in [2.75, 3.05) is 13.2 Å². The van der Waals surface area contributed by atoms with Gasteiger partial charge in [0, 0.05) is 12.6 Å². The molecular formula is C19H18F3N5O4. The lowest BCUT2D eigenvalue weighted by molar-refractivity contribution is -0.148. The molecule has 0 saturated carbocycles. The summed E-state index contributed by atoms with van der Waals surface area (Å²) in [4.78, 5) is 38.4. The Morgan fingerprint density at radius 2 is 1.97 bits per heavy atom. The molecule has 1 aromatic heterocycles. The van der Waals surface area contributed by atoms with Gasteiger partial charge in [-0.1, -0.05) is 18.2 Å². The van der Waals surface area contributed by atoms with Crippen molar-refractivity contribution in [1.29, 1.82) is 0 Å². The third kappa shape index (κ3) is 3.74. The van der Waals surface area contributed by atoms with E-state index in [0.717, 1.165) is 6.20 Å². The molecule has 3 amide bonds. The zero-order valence-corrected chi connectivity index (χ0v) is 16.0. The third-order valence-electron chi connectivity index (χ3n) is 5.30. The number of halogens is 3. The highest BCUT2D eigenvalue weighted by atomic mass is 19.4. The SMILES string of the molecule is O=C(N[C@H]1C[C@H]2C(=O)N[C@@H](CO)C(=O)N2C1)c1cnn(-c2ccccc2)c1C(F)(F)F. The fourth-order valence-corrected chi connectivity index (χ4v) is 3.90. The topological polar surface area (TPSA) is 117 Å². The van der Waals surface area contributed by atoms with Gasteiger partial charge >= 0.3 is 6.18 Å². The number of amides is 3. The number of alkyl halides is 3. The average Bonchev–Trinajstić information content (AvgIpc) is 3.36. The second kappa shape index (κ2) is 7.69. The van der Waals surface area contributed by atoms with Gasteiger partial charge in [-0.15, -0.1) is 0 Å². The number of benzene rings is 1. The molecule has 12 heteroatoms. The number of hydrogen-bond acceptors (Lipinski definition) is 5. The van der Waals surface area contributed by atoms with Crippen LogP contribution in [0.3, 0.4) is 0 Å². The average molecular weight is 437 g/mol. The fraction of sp³-hybridized carbons (Fsp3) is 0.368. The van der Waals surface area contributed by atoms with Crippen LogP contribution >= 0.6 is 0 Å². The molecule has 2 fully saturated rings. The second-order valence-electron chi connectivity index (χ2n) is 7.31. The van der Waals surface area contributed by atoms with E-state index in [1.807, 2.05) is 0 Å². The first-order valence-corrected chi connectivity index (χ1v) is 9.44. The molecule has 0 radical (unpaired) electrons. The van der Waals surface area contributed by atoms with E-state index >= 15 is 0 Å². The van der Waals surface area contributed by atoms with Crippen LogP contribution in [0.5, 0.6) is 0 Å². The molecule has 3 N–H and O–H groups in total. The molecule has 2 aromatic rings. The van der Waals surface area contributed by atoms with Crippen molar-refractivity contribution < 1.29 is 32.7 Å². The summed E-state index contributed by atoms with van der Waals surface area (Å²) in [5.74, 6) is -1.99. The molecule has 2 aliphatic heterocycles. The standard InChI is InChI=1S/C19H18F3N5O4/c20-19(21,22)15-12(7-23-27(15)11-4-2-1-3-5-11)16(29)24-10-6-14-17(30)25-13(9-28)18(31)26(14)8-10/h1-5,7,10,13-14,28H,6,8-9H2,(H,24,29)(H,25,30)/t10-,13-,14-/m0/s1. The Kier molecular flexibility index (Phi) is 5.17. The zero-order chi connectivity index (χ0) is 22.3. The van der Waals surface area contributed by atoms with Gasteiger partial charge < -0.3 is 20.6 Å². The van der Waals surface area contributed by atoms with Gasteiger partial charge in [-0.25, -0.2) is 4.68 Å². The van der Waals surface area contributed by atoms with Gasteiger partial charge in [0.05, 0.1) is 24.1 Å². The Morgan fingerprint density at radius 3 is 2.61 bits per heavy atom. The molecule has 3 heterocycles. The summed E-state index contributed by atoms with van der Waals surface area (Å²) in [6, 6.07) is 4.95. The number of piperazine rings is 1. The largest absolute Gasteiger partial charge is 0.434 e. The normalized spacial score (nSPS) is 23.5. The van der Waals surface area contributed by atoms with Crippen LogP contribution in [-0.4, -0.2) is 68.8 Å². The molecule has 0 aliphatic carbocycles. The van der Waals surface area contributed by atoms with Crippen LogP contribution in [0.25, 0.3) is 5.69 Å². The Balaban J connectivity index is 1.57. The summed E-state index contributed by atoms with van der Waals surface area (Å²) in [5, 5.41) is 17.8. The van der Waals surface area contributed by atoms with E-state index in [4.69, 9.17) is 0 Å². The number of carbonyl (C=O) groups excluding carboxylic acids is 3. The number of para-hydroxylation sites is 1. The van der Waals surface area contributed by atoms with E-state index in [0.29, 0.717) is 4.68 Å². The number of aliphatic hydroxyl groups is 1. The summed E-state index contributed by atoms with van der Waals surface area (Å²) in [6.45, 7) is -0.619. The molecular weight excluding hydrogens is 419 g/mol. The minimum atomic E-state index is -4.85. The second-order valence-corrected chi connectivity index (χ2v) is 7.31. The van der Waals surface area contributed by atoms with Gasteiger partial charge in [0.2, 0.25) is 11.8 Å². The number of rotatable bonds is 4. The predicted molar refractivity (Wildman–Crippen MR) is 99.0 cm³/mol. The monoisotopic (exact) mass is 437 g/mol. The molecule has 4 rings (SSSR count). The first-order chi connectivity index (χ1) is 14.7. The van der Waals surface area contributed by atoms with Crippen LogP contribution < -0.4 is 10.6 Å². The van der Waals surface area contributed by atoms with Crippen molar-refractivity contribution in [3.8, 4) is 5.69 Å².